The molecule has 0 radical (unpaired) electrons. The summed E-state index contributed by atoms with van der Waals surface area (Å²) >= 11 is 5.77. The average molecular weight is 253 g/mol. The fourth-order valence-corrected chi connectivity index (χ4v) is 2.04. The smallest absolute Gasteiger partial charge is 0.238 e. The van der Waals surface area contributed by atoms with E-state index in [1.165, 1.54) is 6.42 Å². The molecule has 1 aliphatic carbocycles. The van der Waals surface area contributed by atoms with E-state index >= 15 is 0 Å². The van der Waals surface area contributed by atoms with Gasteiger partial charge in [-0.05, 0) is 50.5 Å². The first-order chi connectivity index (χ1) is 8.07. The maximum absolute atomic E-state index is 11.7. The predicted molar refractivity (Wildman–Crippen MR) is 70.3 cm³/mol. The molecular formula is C13H17ClN2O. The number of hydrogen-bond donors (Lipinski definition) is 2. The van der Waals surface area contributed by atoms with E-state index < -0.39 is 0 Å². The molecule has 1 fully saturated rings. The molecule has 0 aromatic heterocycles. The summed E-state index contributed by atoms with van der Waals surface area (Å²) in [4.78, 5) is 11.7. The first-order valence-electron chi connectivity index (χ1n) is 5.88. The van der Waals surface area contributed by atoms with Gasteiger partial charge in [0.1, 0.15) is 0 Å². The van der Waals surface area contributed by atoms with Crippen molar-refractivity contribution in [2.45, 2.75) is 31.7 Å². The fraction of sp³-hybridized carbons (Fsp3) is 0.462. The number of amides is 1. The molecule has 0 aliphatic heterocycles. The third-order valence-corrected chi connectivity index (χ3v) is 3.51. The van der Waals surface area contributed by atoms with Gasteiger partial charge >= 0.3 is 0 Å². The maximum atomic E-state index is 11.7. The molecule has 0 spiro atoms. The molecule has 1 saturated carbocycles. The predicted octanol–water partition coefficient (Wildman–Crippen LogP) is 2.81. The molecular weight excluding hydrogens is 236 g/mol. The Bertz CT molecular complexity index is 398. The lowest BCUT2D eigenvalue weighted by Gasteiger charge is -2.39. The van der Waals surface area contributed by atoms with Gasteiger partial charge in [-0.25, -0.2) is 0 Å². The van der Waals surface area contributed by atoms with Crippen LogP contribution in [0.5, 0.6) is 0 Å². The van der Waals surface area contributed by atoms with Gasteiger partial charge in [-0.15, -0.1) is 0 Å². The molecule has 4 heteroatoms. The number of carbonyl (C=O) groups excluding carboxylic acids is 1. The molecule has 1 amide bonds. The average Bonchev–Trinajstić information content (AvgIpc) is 2.27. The molecule has 2 rings (SSSR count). The molecule has 0 unspecified atom stereocenters. The van der Waals surface area contributed by atoms with Crippen LogP contribution in [0, 0.1) is 0 Å². The van der Waals surface area contributed by atoms with E-state index in [9.17, 15) is 4.79 Å². The van der Waals surface area contributed by atoms with Crippen LogP contribution in [-0.4, -0.2) is 18.0 Å². The van der Waals surface area contributed by atoms with Crippen molar-refractivity contribution in [3.8, 4) is 0 Å². The van der Waals surface area contributed by atoms with E-state index in [0.717, 1.165) is 18.5 Å². The minimum absolute atomic E-state index is 0.0135. The van der Waals surface area contributed by atoms with E-state index in [1.807, 2.05) is 0 Å². The molecule has 1 aromatic carbocycles. The van der Waals surface area contributed by atoms with Gasteiger partial charge in [0.05, 0.1) is 6.54 Å². The quantitative estimate of drug-likeness (QED) is 0.865. The largest absolute Gasteiger partial charge is 0.325 e. The molecule has 92 valence electrons. The SMILES string of the molecule is CC1(NCC(=O)Nc2ccc(Cl)cc2)CCC1. The van der Waals surface area contributed by atoms with Gasteiger partial charge in [-0.3, -0.25) is 4.79 Å². The van der Waals surface area contributed by atoms with Crippen molar-refractivity contribution in [3.63, 3.8) is 0 Å². The van der Waals surface area contributed by atoms with E-state index in [0.29, 0.717) is 11.6 Å². The first kappa shape index (κ1) is 12.4. The number of benzene rings is 1. The van der Waals surface area contributed by atoms with Gasteiger partial charge in [0.15, 0.2) is 0 Å². The van der Waals surface area contributed by atoms with Gasteiger partial charge < -0.3 is 10.6 Å². The van der Waals surface area contributed by atoms with Crippen LogP contribution in [0.1, 0.15) is 26.2 Å². The van der Waals surface area contributed by atoms with Crippen molar-refractivity contribution in [3.05, 3.63) is 29.3 Å². The molecule has 0 saturated heterocycles. The van der Waals surface area contributed by atoms with E-state index in [4.69, 9.17) is 11.6 Å². The second-order valence-electron chi connectivity index (χ2n) is 4.82. The van der Waals surface area contributed by atoms with Crippen molar-refractivity contribution < 1.29 is 4.79 Å². The summed E-state index contributed by atoms with van der Waals surface area (Å²) in [6.07, 6.45) is 3.56. The molecule has 2 N–H and O–H groups in total. The fourth-order valence-electron chi connectivity index (χ4n) is 1.92. The van der Waals surface area contributed by atoms with Gasteiger partial charge in [-0.2, -0.15) is 0 Å². The van der Waals surface area contributed by atoms with Crippen LogP contribution in [0.4, 0.5) is 5.69 Å². The Morgan fingerprint density at radius 2 is 2.00 bits per heavy atom. The van der Waals surface area contributed by atoms with Crippen molar-refractivity contribution in [2.75, 3.05) is 11.9 Å². The number of carbonyl (C=O) groups is 1. The van der Waals surface area contributed by atoms with Gasteiger partial charge in [0.25, 0.3) is 0 Å². The monoisotopic (exact) mass is 252 g/mol. The van der Waals surface area contributed by atoms with Crippen LogP contribution in [0.2, 0.25) is 5.02 Å². The lowest BCUT2D eigenvalue weighted by molar-refractivity contribution is -0.115. The summed E-state index contributed by atoms with van der Waals surface area (Å²) in [7, 11) is 0. The van der Waals surface area contributed by atoms with Crippen molar-refractivity contribution in [1.29, 1.82) is 0 Å². The number of anilines is 1. The Kier molecular flexibility index (Phi) is 3.69. The first-order valence-corrected chi connectivity index (χ1v) is 6.26. The zero-order valence-electron chi connectivity index (χ0n) is 9.92. The van der Waals surface area contributed by atoms with Crippen LogP contribution in [-0.2, 0) is 4.79 Å². The highest BCUT2D eigenvalue weighted by Gasteiger charge is 2.31. The summed E-state index contributed by atoms with van der Waals surface area (Å²) in [6, 6.07) is 7.12. The van der Waals surface area contributed by atoms with Crippen molar-refractivity contribution in [2.24, 2.45) is 0 Å². The molecule has 17 heavy (non-hydrogen) atoms. The Morgan fingerprint density at radius 1 is 1.35 bits per heavy atom. The minimum Gasteiger partial charge on any atom is -0.325 e. The highest BCUT2D eigenvalue weighted by Crippen LogP contribution is 2.30. The zero-order valence-corrected chi connectivity index (χ0v) is 10.7. The minimum atomic E-state index is -0.0135. The third kappa shape index (κ3) is 3.45. The second-order valence-corrected chi connectivity index (χ2v) is 5.26. The zero-order chi connectivity index (χ0) is 12.3. The van der Waals surface area contributed by atoms with Crippen LogP contribution >= 0.6 is 11.6 Å². The Hall–Kier alpha value is -1.06. The molecule has 1 aliphatic rings. The number of rotatable bonds is 4. The van der Waals surface area contributed by atoms with Gasteiger partial charge in [-0.1, -0.05) is 11.6 Å². The normalized spacial score (nSPS) is 17.3. The molecule has 0 heterocycles. The van der Waals surface area contributed by atoms with E-state index in [-0.39, 0.29) is 11.4 Å². The number of halogens is 1. The standard InChI is InChI=1S/C13H17ClN2O/c1-13(7-2-8-13)15-9-12(17)16-11-5-3-10(14)4-6-11/h3-6,15H,2,7-9H2,1H3,(H,16,17). The summed E-state index contributed by atoms with van der Waals surface area (Å²) in [5.74, 6) is -0.0135. The van der Waals surface area contributed by atoms with Crippen molar-refractivity contribution >= 4 is 23.2 Å². The van der Waals surface area contributed by atoms with Crippen LogP contribution in [0.25, 0.3) is 0 Å². The highest BCUT2D eigenvalue weighted by molar-refractivity contribution is 6.30. The van der Waals surface area contributed by atoms with Crippen LogP contribution < -0.4 is 10.6 Å². The third-order valence-electron chi connectivity index (χ3n) is 3.26. The second kappa shape index (κ2) is 5.07. The van der Waals surface area contributed by atoms with E-state index in [1.54, 1.807) is 24.3 Å². The van der Waals surface area contributed by atoms with Crippen LogP contribution in [0.15, 0.2) is 24.3 Å². The lowest BCUT2D eigenvalue weighted by Crippen LogP contribution is -2.50. The van der Waals surface area contributed by atoms with E-state index in [2.05, 4.69) is 17.6 Å². The summed E-state index contributed by atoms with van der Waals surface area (Å²) in [5.41, 5.74) is 0.942. The van der Waals surface area contributed by atoms with Crippen LogP contribution in [0.3, 0.4) is 0 Å². The van der Waals surface area contributed by atoms with Gasteiger partial charge in [0, 0.05) is 16.2 Å². The number of nitrogens with one attached hydrogen (secondary N) is 2. The summed E-state index contributed by atoms with van der Waals surface area (Å²) in [5, 5.41) is 6.79. The maximum Gasteiger partial charge on any atom is 0.238 e. The topological polar surface area (TPSA) is 41.1 Å². The van der Waals surface area contributed by atoms with Crippen molar-refractivity contribution in [1.82, 2.24) is 5.32 Å². The highest BCUT2D eigenvalue weighted by atomic mass is 35.5. The Balaban J connectivity index is 1.79. The molecule has 0 atom stereocenters. The summed E-state index contributed by atoms with van der Waals surface area (Å²) < 4.78 is 0. The summed E-state index contributed by atoms with van der Waals surface area (Å²) in [6.45, 7) is 2.52. The number of hydrogen-bond acceptors (Lipinski definition) is 2. The van der Waals surface area contributed by atoms with Gasteiger partial charge in [0.2, 0.25) is 5.91 Å². The molecule has 0 bridgehead atoms. The molecule has 1 aromatic rings. The Labute approximate surface area is 107 Å². The Morgan fingerprint density at radius 3 is 2.53 bits per heavy atom. The lowest BCUT2D eigenvalue weighted by atomic mass is 9.78. The molecule has 3 nitrogen and oxygen atoms in total.